The molecule has 40 heavy (non-hydrogen) atoms. The van der Waals surface area contributed by atoms with E-state index in [2.05, 4.69) is 73.7 Å². The van der Waals surface area contributed by atoms with Crippen molar-refractivity contribution in [1.82, 2.24) is 14.4 Å². The van der Waals surface area contributed by atoms with E-state index in [1.807, 2.05) is 53.4 Å². The number of rotatable bonds is 6. The molecule has 0 unspecified atom stereocenters. The van der Waals surface area contributed by atoms with Gasteiger partial charge in [0, 0.05) is 54.9 Å². The molecule has 6 nitrogen and oxygen atoms in total. The van der Waals surface area contributed by atoms with E-state index in [4.69, 9.17) is 0 Å². The van der Waals surface area contributed by atoms with Crippen LogP contribution in [0.2, 0.25) is 0 Å². The smallest absolute Gasteiger partial charge is 0.270 e. The number of amides is 2. The summed E-state index contributed by atoms with van der Waals surface area (Å²) < 4.78 is 2.12. The van der Waals surface area contributed by atoms with Gasteiger partial charge < -0.3 is 19.7 Å². The number of aryl methyl sites for hydroxylation is 1. The van der Waals surface area contributed by atoms with Crippen LogP contribution in [-0.2, 0) is 12.0 Å². The highest BCUT2D eigenvalue weighted by Crippen LogP contribution is 2.27. The van der Waals surface area contributed by atoms with E-state index < -0.39 is 0 Å². The number of nitrogens with zero attached hydrogens (tertiary/aromatic N) is 3. The van der Waals surface area contributed by atoms with Crippen LogP contribution in [-0.4, -0.2) is 58.9 Å². The molecule has 5 rings (SSSR count). The highest BCUT2D eigenvalue weighted by molar-refractivity contribution is 6.06. The first-order valence-electron chi connectivity index (χ1n) is 14.2. The lowest BCUT2D eigenvalue weighted by Gasteiger charge is -2.34. The first-order valence-corrected chi connectivity index (χ1v) is 14.2. The number of likely N-dealkylation sites (N-methyl/N-ethyl adjacent to an activating group) is 1. The molecule has 0 saturated carbocycles. The maximum Gasteiger partial charge on any atom is 0.270 e. The van der Waals surface area contributed by atoms with E-state index in [9.17, 15) is 9.59 Å². The van der Waals surface area contributed by atoms with E-state index in [1.165, 1.54) is 11.1 Å². The number of fused-ring (bicyclic) bond motifs is 1. The van der Waals surface area contributed by atoms with Crippen LogP contribution in [0.5, 0.6) is 0 Å². The molecule has 1 aromatic heterocycles. The molecule has 0 atom stereocenters. The van der Waals surface area contributed by atoms with Gasteiger partial charge >= 0.3 is 0 Å². The molecule has 6 heteroatoms. The second-order valence-electron chi connectivity index (χ2n) is 11.9. The Labute approximate surface area is 237 Å². The minimum absolute atomic E-state index is 0.0321. The molecule has 2 amide bonds. The number of anilines is 1. The molecule has 0 spiro atoms. The molecule has 1 aliphatic heterocycles. The molecule has 208 valence electrons. The first kappa shape index (κ1) is 27.7. The predicted molar refractivity (Wildman–Crippen MR) is 163 cm³/mol. The summed E-state index contributed by atoms with van der Waals surface area (Å²) in [6.07, 6.45) is 0. The van der Waals surface area contributed by atoms with Crippen LogP contribution < -0.4 is 5.32 Å². The molecule has 4 aromatic rings. The van der Waals surface area contributed by atoms with Gasteiger partial charge in [-0.3, -0.25) is 9.59 Å². The molecule has 1 aliphatic rings. The van der Waals surface area contributed by atoms with Crippen molar-refractivity contribution in [2.45, 2.75) is 46.6 Å². The normalized spacial score (nSPS) is 14.5. The Morgan fingerprint density at radius 2 is 1.60 bits per heavy atom. The number of benzene rings is 3. The Kier molecular flexibility index (Phi) is 7.81. The number of nitrogens with one attached hydrogen (secondary N) is 1. The molecule has 2 heterocycles. The van der Waals surface area contributed by atoms with Crippen molar-refractivity contribution in [3.8, 4) is 0 Å². The van der Waals surface area contributed by atoms with Crippen molar-refractivity contribution in [3.05, 3.63) is 101 Å². The number of carbonyl (C=O) groups excluding carboxylic acids is 2. The predicted octanol–water partition coefficient (Wildman–Crippen LogP) is 6.33. The van der Waals surface area contributed by atoms with Crippen LogP contribution in [0.25, 0.3) is 10.9 Å². The Balaban J connectivity index is 1.44. The standard InChI is InChI=1S/C34H40N4O2/c1-6-36-16-18-37(19-17-36)33(40)31-22-27-21-29(35-32(39)26-10-12-28(13-11-26)34(3,4)5)14-15-30(27)38(31)23-25-9-7-8-24(2)20-25/h7-15,20-22H,6,16-19,23H2,1-5H3,(H,35,39). The van der Waals surface area contributed by atoms with Gasteiger partial charge in [0.2, 0.25) is 0 Å². The van der Waals surface area contributed by atoms with E-state index in [-0.39, 0.29) is 17.2 Å². The van der Waals surface area contributed by atoms with Crippen LogP contribution in [0.1, 0.15) is 65.2 Å². The van der Waals surface area contributed by atoms with Gasteiger partial charge in [-0.15, -0.1) is 0 Å². The fraction of sp³-hybridized carbons (Fsp3) is 0.353. The lowest BCUT2D eigenvalue weighted by Crippen LogP contribution is -2.48. The average Bonchev–Trinajstić information content (AvgIpc) is 3.29. The minimum atomic E-state index is -0.149. The summed E-state index contributed by atoms with van der Waals surface area (Å²) >= 11 is 0. The van der Waals surface area contributed by atoms with Gasteiger partial charge in [-0.05, 0) is 66.4 Å². The third-order valence-electron chi connectivity index (χ3n) is 7.92. The molecular formula is C34H40N4O2. The maximum atomic E-state index is 13.8. The lowest BCUT2D eigenvalue weighted by molar-refractivity contribution is 0.0633. The Morgan fingerprint density at radius 3 is 2.25 bits per heavy atom. The van der Waals surface area contributed by atoms with E-state index in [1.54, 1.807) is 0 Å². The van der Waals surface area contributed by atoms with Gasteiger partial charge in [0.25, 0.3) is 11.8 Å². The third kappa shape index (κ3) is 5.97. The summed E-state index contributed by atoms with van der Waals surface area (Å²) in [5.74, 6) is -0.0896. The second kappa shape index (κ2) is 11.3. The van der Waals surface area contributed by atoms with E-state index in [0.717, 1.165) is 49.2 Å². The minimum Gasteiger partial charge on any atom is -0.335 e. The molecule has 1 fully saturated rings. The molecule has 1 saturated heterocycles. The summed E-state index contributed by atoms with van der Waals surface area (Å²) in [5, 5.41) is 3.98. The molecule has 1 N–H and O–H groups in total. The van der Waals surface area contributed by atoms with Crippen LogP contribution >= 0.6 is 0 Å². The van der Waals surface area contributed by atoms with Gasteiger partial charge in [-0.2, -0.15) is 0 Å². The first-order chi connectivity index (χ1) is 19.1. The Morgan fingerprint density at radius 1 is 0.875 bits per heavy atom. The van der Waals surface area contributed by atoms with Crippen molar-refractivity contribution in [2.75, 3.05) is 38.0 Å². The number of hydrogen-bond donors (Lipinski definition) is 1. The van der Waals surface area contributed by atoms with Crippen molar-refractivity contribution in [3.63, 3.8) is 0 Å². The summed E-state index contributed by atoms with van der Waals surface area (Å²) in [6.45, 7) is 15.6. The molecule has 3 aromatic carbocycles. The van der Waals surface area contributed by atoms with Crippen molar-refractivity contribution >= 4 is 28.4 Å². The molecular weight excluding hydrogens is 496 g/mol. The van der Waals surface area contributed by atoms with E-state index >= 15 is 0 Å². The number of carbonyl (C=O) groups is 2. The Bertz CT molecular complexity index is 1520. The third-order valence-corrected chi connectivity index (χ3v) is 7.92. The van der Waals surface area contributed by atoms with Gasteiger partial charge in [0.05, 0.1) is 0 Å². The topological polar surface area (TPSA) is 57.6 Å². The average molecular weight is 537 g/mol. The summed E-state index contributed by atoms with van der Waals surface area (Å²) in [7, 11) is 0. The van der Waals surface area contributed by atoms with Crippen LogP contribution in [0.15, 0.2) is 72.8 Å². The number of aromatic nitrogens is 1. The largest absolute Gasteiger partial charge is 0.335 e. The summed E-state index contributed by atoms with van der Waals surface area (Å²) in [5.41, 5.74) is 6.55. The zero-order valence-electron chi connectivity index (χ0n) is 24.3. The quantitative estimate of drug-likeness (QED) is 0.314. The van der Waals surface area contributed by atoms with Gasteiger partial charge in [0.15, 0.2) is 0 Å². The summed E-state index contributed by atoms with van der Waals surface area (Å²) in [4.78, 5) is 31.2. The lowest BCUT2D eigenvalue weighted by atomic mass is 9.87. The fourth-order valence-electron chi connectivity index (χ4n) is 5.44. The SMILES string of the molecule is CCN1CCN(C(=O)c2cc3cc(NC(=O)c4ccc(C(C)(C)C)cc4)ccc3n2Cc2cccc(C)c2)CC1. The van der Waals surface area contributed by atoms with Gasteiger partial charge in [0.1, 0.15) is 5.69 Å². The van der Waals surface area contributed by atoms with Gasteiger partial charge in [-0.25, -0.2) is 0 Å². The highest BCUT2D eigenvalue weighted by Gasteiger charge is 2.25. The Hall–Kier alpha value is -3.90. The van der Waals surface area contributed by atoms with Crippen LogP contribution in [0.4, 0.5) is 5.69 Å². The van der Waals surface area contributed by atoms with Crippen molar-refractivity contribution in [2.24, 2.45) is 0 Å². The van der Waals surface area contributed by atoms with E-state index in [0.29, 0.717) is 23.5 Å². The maximum absolute atomic E-state index is 13.8. The number of piperazine rings is 1. The highest BCUT2D eigenvalue weighted by atomic mass is 16.2. The zero-order chi connectivity index (χ0) is 28.4. The molecule has 0 aliphatic carbocycles. The monoisotopic (exact) mass is 536 g/mol. The fourth-order valence-corrected chi connectivity index (χ4v) is 5.44. The van der Waals surface area contributed by atoms with Crippen LogP contribution in [0.3, 0.4) is 0 Å². The molecule has 0 bridgehead atoms. The number of hydrogen-bond acceptors (Lipinski definition) is 3. The van der Waals surface area contributed by atoms with Crippen LogP contribution in [0, 0.1) is 6.92 Å². The second-order valence-corrected chi connectivity index (χ2v) is 11.9. The van der Waals surface area contributed by atoms with Crippen molar-refractivity contribution in [1.29, 1.82) is 0 Å². The summed E-state index contributed by atoms with van der Waals surface area (Å²) in [6, 6.07) is 24.1. The van der Waals surface area contributed by atoms with Gasteiger partial charge in [-0.1, -0.05) is 69.7 Å². The zero-order valence-corrected chi connectivity index (χ0v) is 24.3. The molecule has 0 radical (unpaired) electrons. The van der Waals surface area contributed by atoms with Crippen molar-refractivity contribution < 1.29 is 9.59 Å².